The van der Waals surface area contributed by atoms with Gasteiger partial charge in [-0.1, -0.05) is 18.2 Å². The molecule has 0 bridgehead atoms. The summed E-state index contributed by atoms with van der Waals surface area (Å²) in [5, 5.41) is 43.6. The molecule has 2 aromatic carbocycles. The number of hydrogen-bond donors (Lipinski definition) is 5. The van der Waals surface area contributed by atoms with Gasteiger partial charge in [0.25, 0.3) is 5.91 Å². The molecule has 2 aliphatic rings. The Hall–Kier alpha value is -3.04. The number of carbonyl (C=O) groups is 1. The van der Waals surface area contributed by atoms with Crippen LogP contribution in [0.1, 0.15) is 12.5 Å². The van der Waals surface area contributed by atoms with Crippen molar-refractivity contribution in [3.8, 4) is 6.07 Å². The summed E-state index contributed by atoms with van der Waals surface area (Å²) >= 11 is 0. The Morgan fingerprint density at radius 1 is 1.14 bits per heavy atom. The highest BCUT2D eigenvalue weighted by atomic mass is 16.7. The fraction of sp³-hybridized carbons (Fsp3) is 0.440. The van der Waals surface area contributed by atoms with Gasteiger partial charge < -0.3 is 30.4 Å². The average molecular weight is 482 g/mol. The highest BCUT2D eigenvalue weighted by molar-refractivity contribution is 6.05. The number of aliphatic hydroxyl groups excluding tert-OH is 3. The van der Waals surface area contributed by atoms with E-state index in [9.17, 15) is 20.3 Å². The molecule has 2 heterocycles. The van der Waals surface area contributed by atoms with E-state index in [1.54, 1.807) is 6.92 Å². The maximum absolute atomic E-state index is 12.8. The molecule has 10 nitrogen and oxygen atoms in total. The minimum Gasteiger partial charge on any atom is -0.393 e. The monoisotopic (exact) mass is 481 g/mol. The summed E-state index contributed by atoms with van der Waals surface area (Å²) in [4.78, 5) is 22.6. The van der Waals surface area contributed by atoms with E-state index >= 15 is 0 Å². The molecule has 1 amide bonds. The first kappa shape index (κ1) is 25.1. The van der Waals surface area contributed by atoms with E-state index in [4.69, 9.17) is 9.94 Å². The molecule has 2 aliphatic heterocycles. The van der Waals surface area contributed by atoms with Gasteiger partial charge in [0.05, 0.1) is 6.61 Å². The first-order valence-electron chi connectivity index (χ1n) is 11.6. The predicted molar refractivity (Wildman–Crippen MR) is 131 cm³/mol. The van der Waals surface area contributed by atoms with Gasteiger partial charge in [-0.2, -0.15) is 10.7 Å². The normalized spacial score (nSPS) is 26.2. The molecular weight excluding hydrogens is 450 g/mol. The number of piperazine rings is 1. The number of carbonyl (C=O) groups excluding carboxylic acids is 1. The fourth-order valence-corrected chi connectivity index (χ4v) is 4.37. The minimum atomic E-state index is -1.43. The zero-order valence-electron chi connectivity index (χ0n) is 19.8. The number of benzene rings is 2. The number of anilines is 1. The summed E-state index contributed by atoms with van der Waals surface area (Å²) in [6, 6.07) is 14.0. The number of amides is 1. The summed E-state index contributed by atoms with van der Waals surface area (Å²) < 4.78 is 0. The summed E-state index contributed by atoms with van der Waals surface area (Å²) in [6.45, 7) is 5.20. The van der Waals surface area contributed by atoms with Crippen LogP contribution in [0.15, 0.2) is 42.0 Å². The third-order valence-corrected chi connectivity index (χ3v) is 6.72. The SMILES string of the molecule is C/C(=C(/C#N)C(=O)N[C@H]1NO[C@H](CO)[C@@H](O)[C@@H]1O)c1ccc2cc(N3CCN(C)CC3)ccc2c1. The Labute approximate surface area is 204 Å². The molecular formula is C25H31N5O5. The highest BCUT2D eigenvalue weighted by Gasteiger charge is 2.39. The second-order valence-corrected chi connectivity index (χ2v) is 9.04. The Bertz CT molecular complexity index is 1150. The Morgan fingerprint density at radius 2 is 1.83 bits per heavy atom. The van der Waals surface area contributed by atoms with E-state index in [1.807, 2.05) is 30.3 Å². The van der Waals surface area contributed by atoms with E-state index in [1.165, 1.54) is 5.69 Å². The van der Waals surface area contributed by atoms with Crippen LogP contribution in [0.3, 0.4) is 0 Å². The largest absolute Gasteiger partial charge is 0.393 e. The van der Waals surface area contributed by atoms with Crippen molar-refractivity contribution in [2.75, 3.05) is 44.7 Å². The summed E-state index contributed by atoms with van der Waals surface area (Å²) in [5.74, 6) is -0.717. The number of hydrogen-bond acceptors (Lipinski definition) is 9. The predicted octanol–water partition coefficient (Wildman–Crippen LogP) is -0.0515. The van der Waals surface area contributed by atoms with E-state index in [0.29, 0.717) is 5.57 Å². The van der Waals surface area contributed by atoms with Crippen LogP contribution >= 0.6 is 0 Å². The number of aliphatic hydroxyl groups is 3. The number of fused-ring (bicyclic) bond motifs is 1. The molecule has 0 unspecified atom stereocenters. The minimum absolute atomic E-state index is 0.119. The van der Waals surface area contributed by atoms with E-state index < -0.39 is 37.0 Å². The number of allylic oxidation sites excluding steroid dienone is 1. The molecule has 5 N–H and O–H groups in total. The fourth-order valence-electron chi connectivity index (χ4n) is 4.37. The summed E-state index contributed by atoms with van der Waals surface area (Å²) in [7, 11) is 2.13. The second kappa shape index (κ2) is 10.7. The zero-order valence-corrected chi connectivity index (χ0v) is 19.8. The van der Waals surface area contributed by atoms with Crippen molar-refractivity contribution in [1.82, 2.24) is 15.7 Å². The molecule has 2 aromatic rings. The van der Waals surface area contributed by atoms with E-state index in [2.05, 4.69) is 39.8 Å². The maximum atomic E-state index is 12.8. The second-order valence-electron chi connectivity index (χ2n) is 9.04. The topological polar surface area (TPSA) is 141 Å². The lowest BCUT2D eigenvalue weighted by atomic mass is 9.97. The third kappa shape index (κ3) is 5.31. The average Bonchev–Trinajstić information content (AvgIpc) is 2.87. The molecule has 4 rings (SSSR count). The van der Waals surface area contributed by atoms with Crippen molar-refractivity contribution in [3.05, 3.63) is 47.5 Å². The van der Waals surface area contributed by atoms with Gasteiger partial charge in [0.15, 0.2) is 0 Å². The molecule has 10 heteroatoms. The lowest BCUT2D eigenvalue weighted by molar-refractivity contribution is -0.207. The van der Waals surface area contributed by atoms with Crippen LogP contribution < -0.4 is 15.7 Å². The molecule has 4 atom stereocenters. The third-order valence-electron chi connectivity index (χ3n) is 6.72. The van der Waals surface area contributed by atoms with Crippen LogP contribution in [0.4, 0.5) is 5.69 Å². The van der Waals surface area contributed by atoms with Gasteiger partial charge in [0.2, 0.25) is 0 Å². The first-order chi connectivity index (χ1) is 16.8. The molecule has 35 heavy (non-hydrogen) atoms. The van der Waals surface area contributed by atoms with Gasteiger partial charge in [-0.15, -0.1) is 0 Å². The molecule has 2 fully saturated rings. The Balaban J connectivity index is 1.52. The van der Waals surface area contributed by atoms with E-state index in [-0.39, 0.29) is 5.57 Å². The first-order valence-corrected chi connectivity index (χ1v) is 11.6. The van der Waals surface area contributed by atoms with Gasteiger partial charge in [-0.05, 0) is 54.1 Å². The van der Waals surface area contributed by atoms with Crippen LogP contribution in [-0.2, 0) is 9.63 Å². The van der Waals surface area contributed by atoms with Crippen molar-refractivity contribution in [3.63, 3.8) is 0 Å². The Kier molecular flexibility index (Phi) is 7.66. The van der Waals surface area contributed by atoms with Crippen molar-refractivity contribution in [1.29, 1.82) is 5.26 Å². The van der Waals surface area contributed by atoms with Gasteiger partial charge in [-0.25, -0.2) is 0 Å². The van der Waals surface area contributed by atoms with Crippen LogP contribution in [0.5, 0.6) is 0 Å². The molecule has 0 aromatic heterocycles. The quantitative estimate of drug-likeness (QED) is 0.294. The molecule has 0 saturated carbocycles. The lowest BCUT2D eigenvalue weighted by Crippen LogP contribution is -2.65. The molecule has 0 aliphatic carbocycles. The van der Waals surface area contributed by atoms with Crippen LogP contribution in [0, 0.1) is 11.3 Å². The van der Waals surface area contributed by atoms with Crippen molar-refractivity contribution >= 4 is 27.9 Å². The van der Waals surface area contributed by atoms with Gasteiger partial charge in [0, 0.05) is 31.9 Å². The van der Waals surface area contributed by atoms with Gasteiger partial charge in [-0.3, -0.25) is 9.63 Å². The summed E-state index contributed by atoms with van der Waals surface area (Å²) in [6.07, 6.45) is -5.01. The van der Waals surface area contributed by atoms with E-state index in [0.717, 1.165) is 42.5 Å². The van der Waals surface area contributed by atoms with Crippen LogP contribution in [0.2, 0.25) is 0 Å². The highest BCUT2D eigenvalue weighted by Crippen LogP contribution is 2.27. The standard InChI is InChI=1S/C25H31N5O5/c1-15(20(13-26)25(34)27-24-23(33)22(32)21(14-31)35-28-24)16-3-4-18-12-19(6-5-17(18)11-16)30-9-7-29(2)8-10-30/h3-6,11-12,21-24,28,31-33H,7-10,14H2,1-2H3,(H,27,34)/b20-15+/t21-,22-,23+,24+/m1/s1. The smallest absolute Gasteiger partial charge is 0.263 e. The van der Waals surface area contributed by atoms with Crippen molar-refractivity contribution in [2.45, 2.75) is 31.4 Å². The number of hydroxylamine groups is 1. The molecule has 0 spiro atoms. The number of nitrogens with zero attached hydrogens (tertiary/aromatic N) is 3. The number of nitrogens with one attached hydrogen (secondary N) is 2. The lowest BCUT2D eigenvalue weighted by Gasteiger charge is -2.37. The summed E-state index contributed by atoms with van der Waals surface area (Å²) in [5.41, 5.74) is 4.67. The van der Waals surface area contributed by atoms with Crippen molar-refractivity contribution in [2.24, 2.45) is 0 Å². The van der Waals surface area contributed by atoms with Crippen LogP contribution in [0.25, 0.3) is 16.3 Å². The zero-order chi connectivity index (χ0) is 25.1. The van der Waals surface area contributed by atoms with Gasteiger partial charge >= 0.3 is 0 Å². The number of nitriles is 1. The van der Waals surface area contributed by atoms with Gasteiger partial charge in [0.1, 0.15) is 36.1 Å². The number of rotatable bonds is 5. The van der Waals surface area contributed by atoms with Crippen molar-refractivity contribution < 1.29 is 25.0 Å². The maximum Gasteiger partial charge on any atom is 0.263 e. The number of likely N-dealkylation sites (N-methyl/N-ethyl adjacent to an activating group) is 1. The molecule has 186 valence electrons. The molecule has 0 radical (unpaired) electrons. The van der Waals surface area contributed by atoms with Crippen LogP contribution in [-0.4, -0.2) is 90.4 Å². The molecule has 2 saturated heterocycles. The Morgan fingerprint density at radius 3 is 2.51 bits per heavy atom.